The third-order valence-electron chi connectivity index (χ3n) is 13.0. The smallest absolute Gasteiger partial charge is 0.136 e. The highest BCUT2D eigenvalue weighted by atomic mass is 16.3. The van der Waals surface area contributed by atoms with Gasteiger partial charge in [-0.2, -0.15) is 0 Å². The summed E-state index contributed by atoms with van der Waals surface area (Å²) in [6, 6.07) is 81.9. The highest BCUT2D eigenvalue weighted by Gasteiger charge is 2.22. The predicted molar refractivity (Wildman–Crippen MR) is 262 cm³/mol. The molecule has 0 atom stereocenters. The van der Waals surface area contributed by atoms with Crippen molar-refractivity contribution in [3.8, 4) is 50.2 Å². The molecule has 0 aliphatic rings. The number of hydrogen-bond acceptors (Lipinski definition) is 1. The molecule has 0 radical (unpaired) electrons. The minimum absolute atomic E-state index is 0.879. The second-order valence-corrected chi connectivity index (χ2v) is 16.4. The minimum atomic E-state index is 0.879. The normalized spacial score (nSPS) is 11.9. The molecule has 13 aromatic rings. The largest absolute Gasteiger partial charge is 0.456 e. The van der Waals surface area contributed by atoms with E-state index in [9.17, 15) is 0 Å². The maximum Gasteiger partial charge on any atom is 0.136 e. The summed E-state index contributed by atoms with van der Waals surface area (Å²) < 4.78 is 9.04. The van der Waals surface area contributed by atoms with Crippen molar-refractivity contribution in [3.63, 3.8) is 0 Å². The van der Waals surface area contributed by atoms with E-state index in [2.05, 4.69) is 229 Å². The molecule has 62 heavy (non-hydrogen) atoms. The van der Waals surface area contributed by atoms with Gasteiger partial charge in [0.15, 0.2) is 0 Å². The van der Waals surface area contributed by atoms with Crippen LogP contribution in [0.25, 0.3) is 126 Å². The van der Waals surface area contributed by atoms with Gasteiger partial charge in [-0.25, -0.2) is 0 Å². The van der Waals surface area contributed by atoms with E-state index in [1.54, 1.807) is 0 Å². The Kier molecular flexibility index (Phi) is 7.64. The topological polar surface area (TPSA) is 18.1 Å². The molecule has 0 saturated carbocycles. The molecule has 11 aromatic carbocycles. The third kappa shape index (κ3) is 5.23. The van der Waals surface area contributed by atoms with Crippen molar-refractivity contribution in [2.45, 2.75) is 0 Å². The van der Waals surface area contributed by atoms with Crippen LogP contribution < -0.4 is 0 Å². The van der Waals surface area contributed by atoms with Crippen LogP contribution in [0.4, 0.5) is 0 Å². The average Bonchev–Trinajstić information content (AvgIpc) is 3.88. The molecular weight excluding hydrogens is 751 g/mol. The van der Waals surface area contributed by atoms with Crippen LogP contribution in [0.1, 0.15) is 0 Å². The summed E-state index contributed by atoms with van der Waals surface area (Å²) in [7, 11) is 0. The Morgan fingerprint density at radius 2 is 0.871 bits per heavy atom. The Labute approximate surface area is 358 Å². The van der Waals surface area contributed by atoms with Gasteiger partial charge in [0.2, 0.25) is 0 Å². The van der Waals surface area contributed by atoms with Gasteiger partial charge in [-0.1, -0.05) is 182 Å². The van der Waals surface area contributed by atoms with Crippen LogP contribution in [-0.4, -0.2) is 4.57 Å². The second-order valence-electron chi connectivity index (χ2n) is 16.4. The molecule has 288 valence electrons. The lowest BCUT2D eigenvalue weighted by Crippen LogP contribution is -1.94. The van der Waals surface area contributed by atoms with E-state index in [0.29, 0.717) is 0 Å². The summed E-state index contributed by atoms with van der Waals surface area (Å²) in [5, 5.41) is 12.1. The minimum Gasteiger partial charge on any atom is -0.456 e. The molecule has 2 aromatic heterocycles. The Hall–Kier alpha value is -8.20. The number of fused-ring (bicyclic) bond motifs is 9. The van der Waals surface area contributed by atoms with Crippen molar-refractivity contribution in [2.24, 2.45) is 0 Å². The quantitative estimate of drug-likeness (QED) is 0.159. The van der Waals surface area contributed by atoms with E-state index in [0.717, 1.165) is 49.9 Å². The fourth-order valence-electron chi connectivity index (χ4n) is 10.3. The monoisotopic (exact) mass is 787 g/mol. The van der Waals surface area contributed by atoms with Crippen LogP contribution in [0, 0.1) is 0 Å². The van der Waals surface area contributed by atoms with E-state index < -0.39 is 0 Å². The summed E-state index contributed by atoms with van der Waals surface area (Å²) in [6.45, 7) is 0. The van der Waals surface area contributed by atoms with Gasteiger partial charge < -0.3 is 8.98 Å². The fraction of sp³-hybridized carbons (Fsp3) is 0. The number of hydrogen-bond donors (Lipinski definition) is 0. The van der Waals surface area contributed by atoms with Crippen LogP contribution in [0.2, 0.25) is 0 Å². The molecule has 0 fully saturated rings. The summed E-state index contributed by atoms with van der Waals surface area (Å²) in [5.41, 5.74) is 14.8. The van der Waals surface area contributed by atoms with E-state index in [1.807, 2.05) is 0 Å². The molecule has 2 nitrogen and oxygen atoms in total. The standard InChI is InChI=1S/C60H37NO/c1-2-16-39(17-3-1)57-48-22-6-8-24-50(48)58(51-25-9-7-23-49(51)57)42-20-14-19-41(35-42)45-33-34-56-60(52-26-11-13-28-55(52)62-56)59(45)43-30-32-47-46-21-10-12-27-53(46)61(54(47)37-43)44-31-29-38-15-4-5-18-40(38)36-44/h1-37H. The summed E-state index contributed by atoms with van der Waals surface area (Å²) in [6.07, 6.45) is 0. The van der Waals surface area contributed by atoms with Gasteiger partial charge in [0.25, 0.3) is 0 Å². The number of para-hydroxylation sites is 2. The van der Waals surface area contributed by atoms with Crippen molar-refractivity contribution in [1.82, 2.24) is 4.57 Å². The average molecular weight is 788 g/mol. The van der Waals surface area contributed by atoms with Gasteiger partial charge in [-0.3, -0.25) is 0 Å². The Morgan fingerprint density at radius 1 is 0.290 bits per heavy atom. The first kappa shape index (κ1) is 34.6. The SMILES string of the molecule is c1ccc(-c2c3ccccc3c(-c3cccc(-c4ccc5oc6ccccc6c5c4-c4ccc5c6ccccc6n(-c6ccc7ccccc7c6)c5c4)c3)c3ccccc23)cc1. The number of rotatable bonds is 5. The zero-order valence-electron chi connectivity index (χ0n) is 33.7. The molecule has 0 aliphatic heterocycles. The zero-order valence-corrected chi connectivity index (χ0v) is 33.7. The van der Waals surface area contributed by atoms with Gasteiger partial charge in [-0.15, -0.1) is 0 Å². The van der Waals surface area contributed by atoms with Gasteiger partial charge in [0, 0.05) is 32.8 Å². The van der Waals surface area contributed by atoms with Gasteiger partial charge in [0.1, 0.15) is 11.2 Å². The summed E-state index contributed by atoms with van der Waals surface area (Å²) >= 11 is 0. The van der Waals surface area contributed by atoms with Gasteiger partial charge >= 0.3 is 0 Å². The third-order valence-corrected chi connectivity index (χ3v) is 13.0. The van der Waals surface area contributed by atoms with Crippen LogP contribution in [0.5, 0.6) is 0 Å². The van der Waals surface area contributed by atoms with Crippen molar-refractivity contribution < 1.29 is 4.42 Å². The lowest BCUT2D eigenvalue weighted by molar-refractivity contribution is 0.669. The molecule has 0 amide bonds. The molecule has 2 heteroatoms. The number of benzene rings is 11. The first-order chi connectivity index (χ1) is 30.8. The first-order valence-electron chi connectivity index (χ1n) is 21.3. The zero-order chi connectivity index (χ0) is 40.7. The molecule has 0 saturated heterocycles. The van der Waals surface area contributed by atoms with Crippen molar-refractivity contribution in [2.75, 3.05) is 0 Å². The van der Waals surface area contributed by atoms with Crippen LogP contribution in [0.3, 0.4) is 0 Å². The molecular formula is C60H37NO. The van der Waals surface area contributed by atoms with E-state index in [4.69, 9.17) is 4.42 Å². The van der Waals surface area contributed by atoms with E-state index >= 15 is 0 Å². The maximum atomic E-state index is 6.61. The fourth-order valence-corrected chi connectivity index (χ4v) is 10.3. The predicted octanol–water partition coefficient (Wildman–Crippen LogP) is 16.8. The molecule has 0 spiro atoms. The van der Waals surface area contributed by atoms with Crippen molar-refractivity contribution >= 4 is 76.1 Å². The van der Waals surface area contributed by atoms with Crippen molar-refractivity contribution in [1.29, 1.82) is 0 Å². The van der Waals surface area contributed by atoms with Gasteiger partial charge in [-0.05, 0) is 114 Å². The van der Waals surface area contributed by atoms with Crippen LogP contribution in [0.15, 0.2) is 229 Å². The van der Waals surface area contributed by atoms with Crippen LogP contribution >= 0.6 is 0 Å². The number of aromatic nitrogens is 1. The lowest BCUT2D eigenvalue weighted by Gasteiger charge is -2.19. The number of furan rings is 1. The highest BCUT2D eigenvalue weighted by Crippen LogP contribution is 2.47. The molecule has 0 bridgehead atoms. The second kappa shape index (κ2) is 13.7. The van der Waals surface area contributed by atoms with E-state index in [1.165, 1.54) is 76.4 Å². The number of nitrogens with zero attached hydrogens (tertiary/aromatic N) is 1. The molecule has 13 rings (SSSR count). The molecule has 2 heterocycles. The molecule has 0 unspecified atom stereocenters. The maximum absolute atomic E-state index is 6.61. The van der Waals surface area contributed by atoms with Crippen molar-refractivity contribution in [3.05, 3.63) is 224 Å². The Balaban J connectivity index is 1.08. The van der Waals surface area contributed by atoms with E-state index in [-0.39, 0.29) is 0 Å². The van der Waals surface area contributed by atoms with Gasteiger partial charge in [0.05, 0.1) is 11.0 Å². The van der Waals surface area contributed by atoms with Crippen LogP contribution in [-0.2, 0) is 0 Å². The summed E-state index contributed by atoms with van der Waals surface area (Å²) in [5.74, 6) is 0. The molecule has 0 N–H and O–H groups in total. The Bertz CT molecular complexity index is 3870. The Morgan fingerprint density at radius 3 is 1.65 bits per heavy atom. The summed E-state index contributed by atoms with van der Waals surface area (Å²) in [4.78, 5) is 0. The lowest BCUT2D eigenvalue weighted by atomic mass is 9.84. The highest BCUT2D eigenvalue weighted by molar-refractivity contribution is 6.22. The molecule has 0 aliphatic carbocycles. The first-order valence-corrected chi connectivity index (χ1v) is 21.3.